The van der Waals surface area contributed by atoms with Crippen molar-refractivity contribution in [2.45, 2.75) is 13.0 Å². The van der Waals surface area contributed by atoms with Crippen molar-refractivity contribution < 1.29 is 27.5 Å². The van der Waals surface area contributed by atoms with Gasteiger partial charge in [-0.2, -0.15) is 8.78 Å². The Kier molecular flexibility index (Phi) is 7.04. The molecule has 0 atom stereocenters. The normalized spacial score (nSPS) is 10.5. The fourth-order valence-corrected chi connectivity index (χ4v) is 2.25. The lowest BCUT2D eigenvalue weighted by Crippen LogP contribution is -2.31. The van der Waals surface area contributed by atoms with Gasteiger partial charge in [-0.05, 0) is 42.3 Å². The summed E-state index contributed by atoms with van der Waals surface area (Å²) in [7, 11) is 0. The molecule has 0 bridgehead atoms. The van der Waals surface area contributed by atoms with Crippen molar-refractivity contribution in [3.8, 4) is 5.75 Å². The molecule has 0 radical (unpaired) electrons. The van der Waals surface area contributed by atoms with E-state index in [1.165, 1.54) is 24.3 Å². The van der Waals surface area contributed by atoms with Gasteiger partial charge in [0.2, 0.25) is 5.91 Å². The first-order valence-electron chi connectivity index (χ1n) is 7.99. The summed E-state index contributed by atoms with van der Waals surface area (Å²) in [5.74, 6) is -1.87. The molecule has 0 fully saturated rings. The van der Waals surface area contributed by atoms with Gasteiger partial charge in [-0.3, -0.25) is 9.59 Å². The number of hydrogen-bond acceptors (Lipinski definition) is 4. The Morgan fingerprint density at radius 2 is 1.81 bits per heavy atom. The molecule has 2 amide bonds. The number of alkyl halides is 2. The predicted octanol–water partition coefficient (Wildman–Crippen LogP) is 2.30. The Bertz CT molecular complexity index is 798. The van der Waals surface area contributed by atoms with Crippen molar-refractivity contribution in [3.63, 3.8) is 0 Å². The van der Waals surface area contributed by atoms with Crippen LogP contribution in [0, 0.1) is 5.82 Å². The molecular weight excluding hydrogens is 363 g/mol. The van der Waals surface area contributed by atoms with E-state index in [1.54, 1.807) is 12.1 Å². The fraction of sp³-hybridized carbons (Fsp3) is 0.222. The van der Waals surface area contributed by atoms with E-state index < -0.39 is 18.3 Å². The molecule has 2 rings (SSSR count). The molecule has 0 aliphatic heterocycles. The molecule has 2 aromatic rings. The molecule has 0 heterocycles. The summed E-state index contributed by atoms with van der Waals surface area (Å²) >= 11 is 0. The van der Waals surface area contributed by atoms with Gasteiger partial charge < -0.3 is 21.1 Å². The number of nitrogens with two attached hydrogens (primary N) is 1. The lowest BCUT2D eigenvalue weighted by molar-refractivity contribution is -0.119. The third kappa shape index (κ3) is 6.53. The highest BCUT2D eigenvalue weighted by atomic mass is 19.3. The monoisotopic (exact) mass is 381 g/mol. The Morgan fingerprint density at radius 3 is 2.44 bits per heavy atom. The van der Waals surface area contributed by atoms with Gasteiger partial charge in [0.1, 0.15) is 11.6 Å². The van der Waals surface area contributed by atoms with E-state index in [2.05, 4.69) is 15.4 Å². The predicted molar refractivity (Wildman–Crippen MR) is 93.2 cm³/mol. The number of hydrogen-bond donors (Lipinski definition) is 3. The second-order valence-corrected chi connectivity index (χ2v) is 5.53. The van der Waals surface area contributed by atoms with E-state index in [9.17, 15) is 22.8 Å². The second kappa shape index (κ2) is 9.46. The summed E-state index contributed by atoms with van der Waals surface area (Å²) in [4.78, 5) is 22.9. The van der Waals surface area contributed by atoms with E-state index in [1.807, 2.05) is 0 Å². The van der Waals surface area contributed by atoms with Crippen molar-refractivity contribution in [2.24, 2.45) is 5.73 Å². The van der Waals surface area contributed by atoms with Gasteiger partial charge in [0.05, 0.1) is 12.1 Å². The molecule has 6 nitrogen and oxygen atoms in total. The maximum absolute atomic E-state index is 13.4. The molecule has 0 saturated carbocycles. The van der Waals surface area contributed by atoms with Gasteiger partial charge in [0.25, 0.3) is 5.91 Å². The topological polar surface area (TPSA) is 93.5 Å². The first-order valence-corrected chi connectivity index (χ1v) is 7.99. The summed E-state index contributed by atoms with van der Waals surface area (Å²) in [6.45, 7) is -2.61. The number of benzene rings is 2. The van der Waals surface area contributed by atoms with Gasteiger partial charge in [-0.1, -0.05) is 12.1 Å². The number of carbonyl (C=O) groups is 2. The number of ether oxygens (including phenoxy) is 1. The fourth-order valence-electron chi connectivity index (χ4n) is 2.25. The number of rotatable bonds is 9. The lowest BCUT2D eigenvalue weighted by Gasteiger charge is -2.09. The third-order valence-electron chi connectivity index (χ3n) is 3.57. The molecular formula is C18H18F3N3O3. The maximum atomic E-state index is 13.4. The molecule has 144 valence electrons. The van der Waals surface area contributed by atoms with Gasteiger partial charge >= 0.3 is 6.61 Å². The van der Waals surface area contributed by atoms with Gasteiger partial charge in [0, 0.05) is 12.2 Å². The molecule has 0 spiro atoms. The van der Waals surface area contributed by atoms with Crippen LogP contribution in [0.4, 0.5) is 18.9 Å². The van der Waals surface area contributed by atoms with Crippen LogP contribution < -0.4 is 21.1 Å². The summed E-state index contributed by atoms with van der Waals surface area (Å²) in [6.07, 6.45) is 0.503. The second-order valence-electron chi connectivity index (χ2n) is 5.53. The molecule has 0 aliphatic carbocycles. The first-order chi connectivity index (χ1) is 12.8. The maximum Gasteiger partial charge on any atom is 0.387 e. The molecule has 0 aromatic heterocycles. The molecule has 0 saturated heterocycles. The van der Waals surface area contributed by atoms with Crippen molar-refractivity contribution in [1.29, 1.82) is 0 Å². The largest absolute Gasteiger partial charge is 0.435 e. The average molecular weight is 381 g/mol. The minimum absolute atomic E-state index is 0.0663. The number of primary amides is 1. The van der Waals surface area contributed by atoms with E-state index in [0.717, 1.165) is 11.6 Å². The van der Waals surface area contributed by atoms with Gasteiger partial charge in [-0.15, -0.1) is 0 Å². The molecule has 9 heteroatoms. The van der Waals surface area contributed by atoms with Crippen molar-refractivity contribution in [3.05, 3.63) is 59.4 Å². The van der Waals surface area contributed by atoms with Crippen LogP contribution in [0.2, 0.25) is 0 Å². The van der Waals surface area contributed by atoms with Crippen molar-refractivity contribution in [1.82, 2.24) is 5.32 Å². The zero-order chi connectivity index (χ0) is 19.8. The summed E-state index contributed by atoms with van der Waals surface area (Å²) in [5.41, 5.74) is 6.02. The first kappa shape index (κ1) is 20.1. The third-order valence-corrected chi connectivity index (χ3v) is 3.57. The Balaban J connectivity index is 1.75. The molecule has 27 heavy (non-hydrogen) atoms. The lowest BCUT2D eigenvalue weighted by atomic mass is 10.1. The quantitative estimate of drug-likeness (QED) is 0.621. The SMILES string of the molecule is NC(=O)c1cc(NCC(=O)NCCc2ccc(OC(F)F)cc2)ccc1F. The molecule has 4 N–H and O–H groups in total. The van der Waals surface area contributed by atoms with Crippen LogP contribution in [0.1, 0.15) is 15.9 Å². The Morgan fingerprint density at radius 1 is 1.11 bits per heavy atom. The smallest absolute Gasteiger partial charge is 0.387 e. The summed E-state index contributed by atoms with van der Waals surface area (Å²) in [6, 6.07) is 9.82. The van der Waals surface area contributed by atoms with Crippen LogP contribution in [-0.4, -0.2) is 31.5 Å². The zero-order valence-electron chi connectivity index (χ0n) is 14.2. The number of amides is 2. The van der Waals surface area contributed by atoms with Crippen LogP contribution in [0.25, 0.3) is 0 Å². The highest BCUT2D eigenvalue weighted by Crippen LogP contribution is 2.15. The number of halogens is 3. The Labute approximate surface area is 153 Å². The molecule has 0 aliphatic rings. The summed E-state index contributed by atoms with van der Waals surface area (Å²) < 4.78 is 41.8. The van der Waals surface area contributed by atoms with E-state index >= 15 is 0 Å². The van der Waals surface area contributed by atoms with E-state index in [0.29, 0.717) is 18.7 Å². The summed E-state index contributed by atoms with van der Waals surface area (Å²) in [5, 5.41) is 5.45. The molecule has 2 aromatic carbocycles. The number of anilines is 1. The van der Waals surface area contributed by atoms with E-state index in [-0.39, 0.29) is 23.8 Å². The van der Waals surface area contributed by atoms with Crippen LogP contribution in [0.5, 0.6) is 5.75 Å². The molecule has 0 unspecified atom stereocenters. The van der Waals surface area contributed by atoms with E-state index in [4.69, 9.17) is 5.73 Å². The number of nitrogens with one attached hydrogen (secondary N) is 2. The Hall–Kier alpha value is -3.23. The highest BCUT2D eigenvalue weighted by molar-refractivity contribution is 5.94. The highest BCUT2D eigenvalue weighted by Gasteiger charge is 2.09. The standard InChI is InChI=1S/C18H18F3N3O3/c19-15-6-3-12(9-14(15)17(22)26)24-10-16(25)23-8-7-11-1-4-13(5-2-11)27-18(20)21/h1-6,9,18,24H,7-8,10H2,(H2,22,26)(H,23,25). The van der Waals surface area contributed by atoms with Gasteiger partial charge in [0.15, 0.2) is 0 Å². The minimum atomic E-state index is -2.87. The van der Waals surface area contributed by atoms with Crippen LogP contribution in [0.3, 0.4) is 0 Å². The van der Waals surface area contributed by atoms with Crippen LogP contribution in [-0.2, 0) is 11.2 Å². The van der Waals surface area contributed by atoms with Crippen molar-refractivity contribution >= 4 is 17.5 Å². The van der Waals surface area contributed by atoms with Gasteiger partial charge in [-0.25, -0.2) is 4.39 Å². The zero-order valence-corrected chi connectivity index (χ0v) is 14.2. The van der Waals surface area contributed by atoms with Crippen molar-refractivity contribution in [2.75, 3.05) is 18.4 Å². The van der Waals surface area contributed by atoms with Crippen LogP contribution in [0.15, 0.2) is 42.5 Å². The minimum Gasteiger partial charge on any atom is -0.435 e. The van der Waals surface area contributed by atoms with Crippen LogP contribution >= 0.6 is 0 Å². The number of carbonyl (C=O) groups excluding carboxylic acids is 2. The average Bonchev–Trinajstić information content (AvgIpc) is 2.62.